The highest BCUT2D eigenvalue weighted by Gasteiger charge is 2.06. The molecule has 2 aromatic rings. The molecule has 1 amide bonds. The molecule has 0 aliphatic carbocycles. The minimum atomic E-state index is -0.0377. The molecule has 0 radical (unpaired) electrons. The zero-order valence-electron chi connectivity index (χ0n) is 12.8. The van der Waals surface area contributed by atoms with Crippen molar-refractivity contribution in [2.45, 2.75) is 25.2 Å². The molecular weight excluding hydrogens is 294 g/mol. The lowest BCUT2D eigenvalue weighted by atomic mass is 10.1. The number of thioether (sulfide) groups is 1. The smallest absolute Gasteiger partial charge is 0.234 e. The Bertz CT molecular complexity index is 665. The minimum absolute atomic E-state index is 0.0377. The van der Waals surface area contributed by atoms with Gasteiger partial charge >= 0.3 is 0 Å². The maximum absolute atomic E-state index is 11.9. The SMILES string of the molecule is CCC(=O)c1ccc(SCC(=O)Nc2cccc(C)c2)cc1. The highest BCUT2D eigenvalue weighted by Crippen LogP contribution is 2.19. The van der Waals surface area contributed by atoms with Crippen LogP contribution in [-0.4, -0.2) is 17.4 Å². The van der Waals surface area contributed by atoms with Gasteiger partial charge in [-0.15, -0.1) is 11.8 Å². The lowest BCUT2D eigenvalue weighted by Gasteiger charge is -2.06. The number of ketones is 1. The zero-order valence-corrected chi connectivity index (χ0v) is 13.6. The van der Waals surface area contributed by atoms with Crippen LogP contribution in [0.25, 0.3) is 0 Å². The summed E-state index contributed by atoms with van der Waals surface area (Å²) in [6.07, 6.45) is 0.505. The average Bonchev–Trinajstić information content (AvgIpc) is 2.52. The maximum Gasteiger partial charge on any atom is 0.234 e. The van der Waals surface area contributed by atoms with E-state index in [0.29, 0.717) is 12.2 Å². The Morgan fingerprint density at radius 3 is 2.45 bits per heavy atom. The number of benzene rings is 2. The first-order valence-corrected chi connectivity index (χ1v) is 8.19. The molecule has 2 rings (SSSR count). The summed E-state index contributed by atoms with van der Waals surface area (Å²) in [4.78, 5) is 24.5. The van der Waals surface area contributed by atoms with Gasteiger partial charge < -0.3 is 5.32 Å². The van der Waals surface area contributed by atoms with Gasteiger partial charge in [0.05, 0.1) is 5.75 Å². The van der Waals surface area contributed by atoms with Crippen molar-refractivity contribution >= 4 is 29.1 Å². The van der Waals surface area contributed by atoms with Crippen molar-refractivity contribution in [1.29, 1.82) is 0 Å². The molecular formula is C18H19NO2S. The van der Waals surface area contributed by atoms with Crippen LogP contribution in [0.5, 0.6) is 0 Å². The predicted molar refractivity (Wildman–Crippen MR) is 91.6 cm³/mol. The van der Waals surface area contributed by atoms with Gasteiger partial charge in [0.25, 0.3) is 0 Å². The van der Waals surface area contributed by atoms with E-state index in [4.69, 9.17) is 0 Å². The van der Waals surface area contributed by atoms with Gasteiger partial charge in [0.1, 0.15) is 0 Å². The van der Waals surface area contributed by atoms with Gasteiger partial charge in [-0.05, 0) is 36.8 Å². The van der Waals surface area contributed by atoms with E-state index < -0.39 is 0 Å². The predicted octanol–water partition coefficient (Wildman–Crippen LogP) is 4.32. The maximum atomic E-state index is 11.9. The third-order valence-corrected chi connectivity index (χ3v) is 4.18. The topological polar surface area (TPSA) is 46.2 Å². The van der Waals surface area contributed by atoms with Gasteiger partial charge in [-0.1, -0.05) is 31.2 Å². The number of anilines is 1. The van der Waals surface area contributed by atoms with Crippen molar-refractivity contribution in [2.75, 3.05) is 11.1 Å². The summed E-state index contributed by atoms with van der Waals surface area (Å²) in [5.41, 5.74) is 2.65. The monoisotopic (exact) mass is 313 g/mol. The number of carbonyl (C=O) groups excluding carboxylic acids is 2. The van der Waals surface area contributed by atoms with E-state index in [9.17, 15) is 9.59 Å². The number of hydrogen-bond acceptors (Lipinski definition) is 3. The molecule has 0 unspecified atom stereocenters. The molecule has 0 bridgehead atoms. The van der Waals surface area contributed by atoms with Crippen molar-refractivity contribution < 1.29 is 9.59 Å². The molecule has 0 saturated heterocycles. The van der Waals surface area contributed by atoms with Crippen LogP contribution in [0.1, 0.15) is 29.3 Å². The van der Waals surface area contributed by atoms with Crippen molar-refractivity contribution in [1.82, 2.24) is 0 Å². The summed E-state index contributed by atoms with van der Waals surface area (Å²) in [6, 6.07) is 15.1. The highest BCUT2D eigenvalue weighted by atomic mass is 32.2. The van der Waals surface area contributed by atoms with Crippen molar-refractivity contribution in [2.24, 2.45) is 0 Å². The van der Waals surface area contributed by atoms with Gasteiger partial charge in [0.15, 0.2) is 5.78 Å². The summed E-state index contributed by atoms with van der Waals surface area (Å²) in [6.45, 7) is 3.84. The number of aryl methyl sites for hydroxylation is 1. The quantitative estimate of drug-likeness (QED) is 0.638. The first-order valence-electron chi connectivity index (χ1n) is 7.21. The summed E-state index contributed by atoms with van der Waals surface area (Å²) in [5.74, 6) is 0.438. The number of rotatable bonds is 6. The zero-order chi connectivity index (χ0) is 15.9. The fraction of sp³-hybridized carbons (Fsp3) is 0.222. The van der Waals surface area contributed by atoms with Gasteiger partial charge in [0, 0.05) is 22.6 Å². The molecule has 0 spiro atoms. The second kappa shape index (κ2) is 7.80. The Balaban J connectivity index is 1.87. The molecule has 114 valence electrons. The molecule has 1 N–H and O–H groups in total. The molecule has 0 fully saturated rings. The summed E-state index contributed by atoms with van der Waals surface area (Å²) < 4.78 is 0. The third kappa shape index (κ3) is 4.74. The number of carbonyl (C=O) groups is 2. The lowest BCUT2D eigenvalue weighted by Crippen LogP contribution is -2.13. The second-order valence-electron chi connectivity index (χ2n) is 5.01. The van der Waals surface area contributed by atoms with E-state index in [2.05, 4.69) is 5.32 Å². The highest BCUT2D eigenvalue weighted by molar-refractivity contribution is 8.00. The van der Waals surface area contributed by atoms with Crippen molar-refractivity contribution in [3.63, 3.8) is 0 Å². The van der Waals surface area contributed by atoms with E-state index in [1.165, 1.54) is 11.8 Å². The van der Waals surface area contributed by atoms with Crippen LogP contribution in [0.2, 0.25) is 0 Å². The first kappa shape index (κ1) is 16.3. The average molecular weight is 313 g/mol. The van der Waals surface area contributed by atoms with Crippen molar-refractivity contribution in [3.8, 4) is 0 Å². The molecule has 22 heavy (non-hydrogen) atoms. The Morgan fingerprint density at radius 1 is 1.09 bits per heavy atom. The van der Waals surface area contributed by atoms with Crippen LogP contribution in [0, 0.1) is 6.92 Å². The molecule has 0 aromatic heterocycles. The minimum Gasteiger partial charge on any atom is -0.325 e. The second-order valence-corrected chi connectivity index (χ2v) is 6.06. The van der Waals surface area contributed by atoms with E-state index in [-0.39, 0.29) is 11.7 Å². The van der Waals surface area contributed by atoms with Crippen LogP contribution in [0.15, 0.2) is 53.4 Å². The van der Waals surface area contributed by atoms with E-state index in [1.54, 1.807) is 0 Å². The molecule has 0 aliphatic rings. The van der Waals surface area contributed by atoms with E-state index >= 15 is 0 Å². The Hall–Kier alpha value is -2.07. The van der Waals surface area contributed by atoms with Gasteiger partial charge in [-0.2, -0.15) is 0 Å². The van der Waals surface area contributed by atoms with Crippen LogP contribution in [0.3, 0.4) is 0 Å². The standard InChI is InChI=1S/C18H19NO2S/c1-3-17(20)14-7-9-16(10-8-14)22-12-18(21)19-15-6-4-5-13(2)11-15/h4-11H,3,12H2,1-2H3,(H,19,21). The lowest BCUT2D eigenvalue weighted by molar-refractivity contribution is -0.113. The van der Waals surface area contributed by atoms with Gasteiger partial charge in [-0.25, -0.2) is 0 Å². The number of nitrogens with one attached hydrogen (secondary N) is 1. The fourth-order valence-electron chi connectivity index (χ4n) is 2.01. The Morgan fingerprint density at radius 2 is 1.82 bits per heavy atom. The van der Waals surface area contributed by atoms with E-state index in [1.807, 2.05) is 62.4 Å². The summed E-state index contributed by atoms with van der Waals surface area (Å²) in [5, 5.41) is 2.88. The molecule has 3 nitrogen and oxygen atoms in total. The summed E-state index contributed by atoms with van der Waals surface area (Å²) >= 11 is 1.46. The first-order chi connectivity index (χ1) is 10.6. The van der Waals surface area contributed by atoms with E-state index in [0.717, 1.165) is 21.7 Å². The Kier molecular flexibility index (Phi) is 5.78. The normalized spacial score (nSPS) is 10.3. The number of Topliss-reactive ketones (excluding diaryl/α,β-unsaturated/α-hetero) is 1. The number of hydrogen-bond donors (Lipinski definition) is 1. The molecule has 0 atom stereocenters. The molecule has 0 heterocycles. The van der Waals surface area contributed by atoms with Crippen LogP contribution in [-0.2, 0) is 4.79 Å². The van der Waals surface area contributed by atoms with Gasteiger partial charge in [0.2, 0.25) is 5.91 Å². The van der Waals surface area contributed by atoms with Crippen LogP contribution < -0.4 is 5.32 Å². The molecule has 4 heteroatoms. The largest absolute Gasteiger partial charge is 0.325 e. The fourth-order valence-corrected chi connectivity index (χ4v) is 2.71. The summed E-state index contributed by atoms with van der Waals surface area (Å²) in [7, 11) is 0. The Labute approximate surface area is 135 Å². The number of amides is 1. The van der Waals surface area contributed by atoms with Crippen LogP contribution in [0.4, 0.5) is 5.69 Å². The van der Waals surface area contributed by atoms with Crippen LogP contribution >= 0.6 is 11.8 Å². The third-order valence-electron chi connectivity index (χ3n) is 3.17. The van der Waals surface area contributed by atoms with Crippen molar-refractivity contribution in [3.05, 3.63) is 59.7 Å². The molecule has 0 aliphatic heterocycles. The van der Waals surface area contributed by atoms with Gasteiger partial charge in [-0.3, -0.25) is 9.59 Å². The molecule has 0 saturated carbocycles. The molecule has 2 aromatic carbocycles.